The fraction of sp³-hybridized carbons (Fsp3) is 0.833. The van der Waals surface area contributed by atoms with Crippen molar-refractivity contribution in [3.63, 3.8) is 0 Å². The van der Waals surface area contributed by atoms with Crippen molar-refractivity contribution >= 4 is 12.0 Å². The first-order valence-electron chi connectivity index (χ1n) is 6.78. The minimum absolute atomic E-state index is 0.193. The predicted octanol–water partition coefficient (Wildman–Crippen LogP) is 0.538. The summed E-state index contributed by atoms with van der Waals surface area (Å²) < 4.78 is 24.5. The molecule has 1 unspecified atom stereocenters. The number of piperazine rings is 1. The largest absolute Gasteiger partial charge is 0.465 e. The van der Waals surface area contributed by atoms with Crippen LogP contribution in [0.5, 0.6) is 0 Å². The number of amides is 2. The third kappa shape index (κ3) is 3.36. The summed E-state index contributed by atoms with van der Waals surface area (Å²) in [5.41, 5.74) is 0. The first-order valence-corrected chi connectivity index (χ1v) is 6.78. The zero-order valence-electron chi connectivity index (χ0n) is 11.2. The molecule has 8 heteroatoms. The van der Waals surface area contributed by atoms with Crippen LogP contribution >= 0.6 is 0 Å². The number of nitrogens with zero attached hydrogens (tertiary/aromatic N) is 3. The Kier molecular flexibility index (Phi) is 4.74. The van der Waals surface area contributed by atoms with Gasteiger partial charge in [0.05, 0.1) is 6.54 Å². The van der Waals surface area contributed by atoms with Crippen LogP contribution in [-0.2, 0) is 4.79 Å². The van der Waals surface area contributed by atoms with Gasteiger partial charge in [-0.1, -0.05) is 0 Å². The molecular formula is C12H19F2N3O3. The van der Waals surface area contributed by atoms with Crippen molar-refractivity contribution in [2.75, 3.05) is 39.3 Å². The number of carbonyl (C=O) groups is 2. The first-order chi connectivity index (χ1) is 9.49. The predicted molar refractivity (Wildman–Crippen MR) is 66.8 cm³/mol. The van der Waals surface area contributed by atoms with E-state index in [2.05, 4.69) is 0 Å². The van der Waals surface area contributed by atoms with Crippen molar-refractivity contribution in [1.82, 2.24) is 14.7 Å². The Balaban J connectivity index is 1.87. The van der Waals surface area contributed by atoms with E-state index < -0.39 is 18.6 Å². The summed E-state index contributed by atoms with van der Waals surface area (Å²) in [6, 6.07) is -0.603. The molecule has 0 aromatic carbocycles. The van der Waals surface area contributed by atoms with Gasteiger partial charge in [0.15, 0.2) is 0 Å². The Morgan fingerprint density at radius 3 is 2.35 bits per heavy atom. The third-order valence-electron chi connectivity index (χ3n) is 3.86. The molecule has 2 fully saturated rings. The van der Waals surface area contributed by atoms with Crippen LogP contribution in [0.15, 0.2) is 0 Å². The molecule has 2 aliphatic rings. The number of hydrogen-bond donors (Lipinski definition) is 1. The molecule has 0 saturated carbocycles. The van der Waals surface area contributed by atoms with E-state index in [-0.39, 0.29) is 12.5 Å². The minimum atomic E-state index is -2.37. The fourth-order valence-electron chi connectivity index (χ4n) is 2.81. The van der Waals surface area contributed by atoms with Crippen molar-refractivity contribution in [3.05, 3.63) is 0 Å². The molecule has 0 aromatic heterocycles. The summed E-state index contributed by atoms with van der Waals surface area (Å²) >= 11 is 0. The van der Waals surface area contributed by atoms with Gasteiger partial charge >= 0.3 is 6.09 Å². The number of rotatable bonds is 3. The van der Waals surface area contributed by atoms with Gasteiger partial charge in [-0.25, -0.2) is 13.6 Å². The molecule has 1 atom stereocenters. The average molecular weight is 291 g/mol. The molecule has 0 spiro atoms. The summed E-state index contributed by atoms with van der Waals surface area (Å²) in [4.78, 5) is 27.7. The maximum absolute atomic E-state index is 12.3. The molecule has 114 valence electrons. The van der Waals surface area contributed by atoms with Gasteiger partial charge in [0.2, 0.25) is 5.91 Å². The lowest BCUT2D eigenvalue weighted by Crippen LogP contribution is -2.54. The molecule has 2 rings (SSSR count). The summed E-state index contributed by atoms with van der Waals surface area (Å²) in [5, 5.41) is 9.04. The maximum atomic E-state index is 12.3. The second kappa shape index (κ2) is 6.34. The van der Waals surface area contributed by atoms with E-state index in [4.69, 9.17) is 5.11 Å². The smallest absolute Gasteiger partial charge is 0.407 e. The fourth-order valence-corrected chi connectivity index (χ4v) is 2.81. The topological polar surface area (TPSA) is 64.1 Å². The number of carboxylic acid groups (broad SMARTS) is 1. The molecule has 0 radical (unpaired) electrons. The van der Waals surface area contributed by atoms with Crippen LogP contribution in [0.2, 0.25) is 0 Å². The van der Waals surface area contributed by atoms with Crippen molar-refractivity contribution in [2.24, 2.45) is 0 Å². The number of likely N-dealkylation sites (tertiary alicyclic amines) is 1. The Morgan fingerprint density at radius 1 is 1.15 bits per heavy atom. The van der Waals surface area contributed by atoms with Crippen molar-refractivity contribution in [2.45, 2.75) is 25.3 Å². The van der Waals surface area contributed by atoms with Crippen molar-refractivity contribution in [3.8, 4) is 0 Å². The van der Waals surface area contributed by atoms with Gasteiger partial charge in [-0.3, -0.25) is 14.6 Å². The van der Waals surface area contributed by atoms with Gasteiger partial charge in [0, 0.05) is 32.7 Å². The number of hydrogen-bond acceptors (Lipinski definition) is 3. The minimum Gasteiger partial charge on any atom is -0.465 e. The van der Waals surface area contributed by atoms with Crippen LogP contribution in [0.25, 0.3) is 0 Å². The van der Waals surface area contributed by atoms with E-state index in [9.17, 15) is 18.4 Å². The highest BCUT2D eigenvalue weighted by Gasteiger charge is 2.37. The molecular weight excluding hydrogens is 272 g/mol. The maximum Gasteiger partial charge on any atom is 0.407 e. The normalized spacial score (nSPS) is 24.4. The lowest BCUT2D eigenvalue weighted by molar-refractivity contribution is -0.137. The monoisotopic (exact) mass is 291 g/mol. The lowest BCUT2D eigenvalue weighted by atomic mass is 10.1. The van der Waals surface area contributed by atoms with Gasteiger partial charge in [0.25, 0.3) is 6.43 Å². The van der Waals surface area contributed by atoms with Crippen LogP contribution in [0, 0.1) is 0 Å². The van der Waals surface area contributed by atoms with Gasteiger partial charge in [0.1, 0.15) is 6.04 Å². The average Bonchev–Trinajstić information content (AvgIpc) is 2.87. The van der Waals surface area contributed by atoms with Crippen LogP contribution in [0.1, 0.15) is 12.8 Å². The van der Waals surface area contributed by atoms with E-state index >= 15 is 0 Å². The van der Waals surface area contributed by atoms with Gasteiger partial charge in [-0.2, -0.15) is 0 Å². The number of carbonyl (C=O) groups excluding carboxylic acids is 1. The van der Waals surface area contributed by atoms with Gasteiger partial charge < -0.3 is 10.0 Å². The highest BCUT2D eigenvalue weighted by atomic mass is 19.3. The summed E-state index contributed by atoms with van der Waals surface area (Å²) in [6.45, 7) is 1.71. The van der Waals surface area contributed by atoms with E-state index in [0.29, 0.717) is 45.6 Å². The van der Waals surface area contributed by atoms with Crippen molar-refractivity contribution < 1.29 is 23.5 Å². The zero-order chi connectivity index (χ0) is 14.7. The zero-order valence-corrected chi connectivity index (χ0v) is 11.2. The summed E-state index contributed by atoms with van der Waals surface area (Å²) in [6.07, 6.45) is -2.21. The van der Waals surface area contributed by atoms with E-state index in [1.807, 2.05) is 0 Å². The molecule has 2 amide bonds. The van der Waals surface area contributed by atoms with Crippen molar-refractivity contribution in [1.29, 1.82) is 0 Å². The molecule has 2 saturated heterocycles. The molecule has 2 aliphatic heterocycles. The molecule has 0 aromatic rings. The second-order valence-corrected chi connectivity index (χ2v) is 5.15. The van der Waals surface area contributed by atoms with Crippen LogP contribution < -0.4 is 0 Å². The first kappa shape index (κ1) is 15.0. The Morgan fingerprint density at radius 2 is 1.80 bits per heavy atom. The molecule has 0 bridgehead atoms. The van der Waals surface area contributed by atoms with Gasteiger partial charge in [-0.15, -0.1) is 0 Å². The Hall–Kier alpha value is -1.44. The van der Waals surface area contributed by atoms with E-state index in [1.165, 1.54) is 4.90 Å². The lowest BCUT2D eigenvalue weighted by Gasteiger charge is -2.36. The number of halogens is 2. The van der Waals surface area contributed by atoms with Crippen LogP contribution in [0.4, 0.5) is 13.6 Å². The Labute approximate surface area is 115 Å². The Bertz CT molecular complexity index is 373. The molecule has 2 heterocycles. The summed E-state index contributed by atoms with van der Waals surface area (Å²) in [5.74, 6) is -0.193. The van der Waals surface area contributed by atoms with Crippen LogP contribution in [0.3, 0.4) is 0 Å². The molecule has 6 nitrogen and oxygen atoms in total. The van der Waals surface area contributed by atoms with E-state index in [0.717, 1.165) is 0 Å². The molecule has 20 heavy (non-hydrogen) atoms. The third-order valence-corrected chi connectivity index (χ3v) is 3.86. The quantitative estimate of drug-likeness (QED) is 0.824. The standard InChI is InChI=1S/C12H19F2N3O3/c13-10(14)8-15-4-6-16(7-5-15)11(18)9-2-1-3-17(9)12(19)20/h9-10H,1-8H2,(H,19,20). The summed E-state index contributed by atoms with van der Waals surface area (Å²) in [7, 11) is 0. The number of alkyl halides is 2. The second-order valence-electron chi connectivity index (χ2n) is 5.15. The highest BCUT2D eigenvalue weighted by molar-refractivity contribution is 5.86. The molecule has 1 N–H and O–H groups in total. The highest BCUT2D eigenvalue weighted by Crippen LogP contribution is 2.20. The van der Waals surface area contributed by atoms with E-state index in [1.54, 1.807) is 9.80 Å². The van der Waals surface area contributed by atoms with Crippen LogP contribution in [-0.4, -0.2) is 83.5 Å². The molecule has 0 aliphatic carbocycles. The van der Waals surface area contributed by atoms with Gasteiger partial charge in [-0.05, 0) is 12.8 Å². The SMILES string of the molecule is O=C(C1CCCN1C(=O)O)N1CCN(CC(F)F)CC1.